The van der Waals surface area contributed by atoms with Crippen LogP contribution in [0.15, 0.2) is 223 Å². The first kappa shape index (κ1) is 51.5. The van der Waals surface area contributed by atoms with Crippen molar-refractivity contribution in [2.75, 3.05) is 20.8 Å². The van der Waals surface area contributed by atoms with Gasteiger partial charge in [-0.1, -0.05) is 5.56 Å². The summed E-state index contributed by atoms with van der Waals surface area (Å²) in [5.74, 6) is 2.79. The molecule has 0 spiro atoms. The first-order valence-electron chi connectivity index (χ1n) is 24.8. The van der Waals surface area contributed by atoms with Crippen LogP contribution in [0.3, 0.4) is 0 Å². The van der Waals surface area contributed by atoms with E-state index in [4.69, 9.17) is 32.1 Å². The van der Waals surface area contributed by atoms with Gasteiger partial charge in [0.25, 0.3) is 0 Å². The van der Waals surface area contributed by atoms with Gasteiger partial charge in [0, 0.05) is 0 Å². The molecule has 1 aliphatic rings. The molecule has 0 aromatic heterocycles. The molecule has 1 fully saturated rings. The Morgan fingerprint density at radius 3 is 1.16 bits per heavy atom. The van der Waals surface area contributed by atoms with E-state index in [1.165, 1.54) is 27.8 Å². The minimum atomic E-state index is -4.17. The third-order valence-electron chi connectivity index (χ3n) is 13.9. The quantitative estimate of drug-likeness (QED) is 0.0756. The van der Waals surface area contributed by atoms with Crippen LogP contribution in [0.5, 0.6) is 34.5 Å². The normalized spacial score (nSPS) is 17.2. The van der Waals surface area contributed by atoms with Crippen LogP contribution >= 0.6 is 23.2 Å². The predicted octanol–water partition coefficient (Wildman–Crippen LogP) is 16.2. The molecule has 0 bridgehead atoms. The van der Waals surface area contributed by atoms with Gasteiger partial charge < -0.3 is 0 Å². The van der Waals surface area contributed by atoms with E-state index in [1.54, 1.807) is 0 Å². The summed E-state index contributed by atoms with van der Waals surface area (Å²) in [5.41, 5.74) is 6.76. The Balaban J connectivity index is 1.13. The molecule has 1 N–H and O–H groups in total. The van der Waals surface area contributed by atoms with Gasteiger partial charge >= 0.3 is 423 Å². The fourth-order valence-corrected chi connectivity index (χ4v) is 19.4. The first-order chi connectivity index (χ1) is 35.1. The average Bonchev–Trinajstić information content (AvgIpc) is 3.98. The van der Waals surface area contributed by atoms with Crippen molar-refractivity contribution >= 4 is 23.2 Å². The van der Waals surface area contributed by atoms with Crippen LogP contribution in [-0.2, 0) is 10.8 Å². The fraction of sp³-hybridized carbons (Fsp3) is 0.213. The van der Waals surface area contributed by atoms with E-state index in [2.05, 4.69) is 124 Å². The van der Waals surface area contributed by atoms with E-state index in [1.807, 2.05) is 166 Å². The van der Waals surface area contributed by atoms with Crippen LogP contribution in [0.4, 0.5) is 0 Å². The van der Waals surface area contributed by atoms with Crippen LogP contribution in [0.25, 0.3) is 0 Å². The topological polar surface area (TPSA) is 83.0 Å². The molecule has 8 aromatic rings. The van der Waals surface area contributed by atoms with Gasteiger partial charge in [-0.25, -0.2) is 0 Å². The zero-order valence-electron chi connectivity index (χ0n) is 43.2. The van der Waals surface area contributed by atoms with Crippen molar-refractivity contribution < 1.29 is 27.4 Å². The molecule has 1 saturated heterocycles. The zero-order chi connectivity index (χ0) is 51.3. The fourth-order valence-electron chi connectivity index (χ4n) is 9.07. The van der Waals surface area contributed by atoms with E-state index in [-0.39, 0.29) is 10.8 Å². The second-order valence-corrected chi connectivity index (χ2v) is 28.6. The maximum atomic E-state index is 7.42. The molecule has 0 radical (unpaired) electrons. The summed E-state index contributed by atoms with van der Waals surface area (Å²) < 4.78 is 50.7. The first-order valence-corrected chi connectivity index (χ1v) is 30.6. The molecule has 0 aliphatic carbocycles. The van der Waals surface area contributed by atoms with Gasteiger partial charge in [-0.2, -0.15) is 0 Å². The summed E-state index contributed by atoms with van der Waals surface area (Å²) in [6, 6.07) is 73.3. The van der Waals surface area contributed by atoms with E-state index in [0.717, 1.165) is 5.56 Å². The summed E-state index contributed by atoms with van der Waals surface area (Å²) in [5, 5.41) is 4.02. The number of rotatable bonds is 20. The third kappa shape index (κ3) is 11.4. The van der Waals surface area contributed by atoms with E-state index in [9.17, 15) is 0 Å². The van der Waals surface area contributed by atoms with Crippen LogP contribution < -0.4 is 32.4 Å². The van der Waals surface area contributed by atoms with Crippen molar-refractivity contribution in [1.29, 1.82) is 0 Å². The van der Waals surface area contributed by atoms with Crippen LogP contribution in [0.1, 0.15) is 61.1 Å². The monoisotopic (exact) mass is 1030 g/mol. The molecular weight excluding hydrogens is 964 g/mol. The van der Waals surface area contributed by atoms with Crippen molar-refractivity contribution in [3.63, 3.8) is 0 Å². The van der Waals surface area contributed by atoms with Crippen LogP contribution in [0.2, 0.25) is 0 Å². The number of hydrogen-bond donors (Lipinski definition) is 1. The third-order valence-corrected chi connectivity index (χ3v) is 24.4. The molecule has 3 unspecified atom stereocenters. The second kappa shape index (κ2) is 21.6. The Hall–Kier alpha value is -6.43. The molecule has 1 heterocycles. The average molecular weight is 1030 g/mol. The Morgan fingerprint density at radius 2 is 0.781 bits per heavy atom. The van der Waals surface area contributed by atoms with Gasteiger partial charge in [0.05, 0.1) is 0 Å². The molecule has 73 heavy (non-hydrogen) atoms. The number of para-hydroxylation sites is 4. The van der Waals surface area contributed by atoms with E-state index < -0.39 is 34.8 Å². The van der Waals surface area contributed by atoms with Crippen molar-refractivity contribution in [2.24, 2.45) is 4.74 Å². The maximum absolute atomic E-state index is 7.42. The second-order valence-electron chi connectivity index (χ2n) is 19.8. The number of benzene rings is 8. The number of nitrogens with zero attached hydrogens (tertiary/aromatic N) is 2. The molecule has 3 atom stereocenters. The van der Waals surface area contributed by atoms with E-state index >= 15 is 0 Å². The van der Waals surface area contributed by atoms with Gasteiger partial charge in [0.1, 0.15) is 0 Å². The number of hydrogen-bond acceptors (Lipinski definition) is 9. The Kier molecular flexibility index (Phi) is 15.2. The van der Waals surface area contributed by atoms with Crippen molar-refractivity contribution in [3.05, 3.63) is 252 Å². The SMILES string of the molecule is CN=P1(Oc2ccccc2)C(N[PH](Oc2ccccc2)(Oc2ccccc2)N(C)[PH](C)(Oc2ccccc2)Oc2ccc(C(C)(C)c3ccc(C)cc3)cc2)C1Oc1ccc(C(C)(C)c2ccc(C)cc2)cc1. The summed E-state index contributed by atoms with van der Waals surface area (Å²) >= 11 is 0. The Bertz CT molecular complexity index is 3070. The van der Waals surface area contributed by atoms with Gasteiger partial charge in [-0.3, -0.25) is 0 Å². The van der Waals surface area contributed by atoms with Crippen LogP contribution in [0, 0.1) is 13.8 Å². The standard InChI is InChI=1S/C61H68N3O6P3/c1-46-30-34-48(35-31-46)60(3,4)50-38-42-52(43-39-50)65-59-58(72(59,62-7)68-54-24-16-11-17-25-54)63-73(69-55-26-18-12-19-27-55,70-56-28-20-13-21-29-56)64(8)71(9,66-53-22-14-10-15-23-53)67-57-44-40-51(41-45-57)61(5,6)49-36-32-47(2)33-37-49/h10-45,58-59,63,71,73H,1-9H3. The van der Waals surface area contributed by atoms with Gasteiger partial charge in [0.15, 0.2) is 0 Å². The van der Waals surface area contributed by atoms with E-state index in [0.29, 0.717) is 34.5 Å². The van der Waals surface area contributed by atoms with Crippen molar-refractivity contribution in [3.8, 4) is 34.5 Å². The molecule has 9 nitrogen and oxygen atoms in total. The van der Waals surface area contributed by atoms with Crippen LogP contribution in [-0.4, -0.2) is 36.8 Å². The predicted molar refractivity (Wildman–Crippen MR) is 305 cm³/mol. The molecule has 1 aliphatic heterocycles. The van der Waals surface area contributed by atoms with Crippen molar-refractivity contribution in [2.45, 2.75) is 64.0 Å². The molecule has 0 saturated carbocycles. The van der Waals surface area contributed by atoms with Gasteiger partial charge in [0.2, 0.25) is 0 Å². The number of aryl methyl sites for hydroxylation is 2. The molecule has 9 rings (SSSR count). The summed E-state index contributed by atoms with van der Waals surface area (Å²) in [6.45, 7) is 15.2. The molecular formula is C61H68N3O6P3. The Labute approximate surface area is 433 Å². The van der Waals surface area contributed by atoms with Gasteiger partial charge in [-0.05, 0) is 6.92 Å². The zero-order valence-corrected chi connectivity index (χ0v) is 46.1. The molecule has 378 valence electrons. The minimum absolute atomic E-state index is 0.234. The number of nitrogens with one attached hydrogen (secondary N) is 1. The summed E-state index contributed by atoms with van der Waals surface area (Å²) in [7, 11) is -7.01. The van der Waals surface area contributed by atoms with Crippen molar-refractivity contribution in [1.82, 2.24) is 9.53 Å². The molecule has 0 amide bonds. The molecule has 8 aromatic carbocycles. The summed E-state index contributed by atoms with van der Waals surface area (Å²) in [6.07, 6.45) is 0. The Morgan fingerprint density at radius 1 is 0.452 bits per heavy atom. The molecule has 12 heteroatoms. The summed E-state index contributed by atoms with van der Waals surface area (Å²) in [4.78, 5) is 0. The number of ether oxygens (including phenoxy) is 1. The van der Waals surface area contributed by atoms with Gasteiger partial charge in [-0.15, -0.1) is 0 Å².